The summed E-state index contributed by atoms with van der Waals surface area (Å²) in [6, 6.07) is 10.8. The summed E-state index contributed by atoms with van der Waals surface area (Å²) in [6.07, 6.45) is 3.16. The molecule has 30 heavy (non-hydrogen) atoms. The SMILES string of the molecule is CS(=O)(=O)c1nc2c(c(=O)[nH]1)CN(Cc1cccnc1Oc1ccc(Cl)cc1)CC2. The molecule has 0 spiro atoms. The first-order valence-corrected chi connectivity index (χ1v) is 11.5. The van der Waals surface area contributed by atoms with Crippen LogP contribution in [0.15, 0.2) is 52.5 Å². The Morgan fingerprint density at radius 3 is 2.73 bits per heavy atom. The van der Waals surface area contributed by atoms with E-state index >= 15 is 0 Å². The van der Waals surface area contributed by atoms with Crippen molar-refractivity contribution in [1.82, 2.24) is 19.9 Å². The first kappa shape index (κ1) is 20.5. The molecule has 1 aromatic carbocycles. The van der Waals surface area contributed by atoms with Crippen molar-refractivity contribution < 1.29 is 13.2 Å². The minimum atomic E-state index is -3.57. The lowest BCUT2D eigenvalue weighted by Gasteiger charge is -2.28. The summed E-state index contributed by atoms with van der Waals surface area (Å²) < 4.78 is 29.3. The van der Waals surface area contributed by atoms with E-state index < -0.39 is 15.4 Å². The summed E-state index contributed by atoms with van der Waals surface area (Å²) in [5, 5.41) is 0.332. The number of halogens is 1. The second-order valence-electron chi connectivity index (χ2n) is 7.05. The number of pyridine rings is 1. The number of rotatable bonds is 5. The van der Waals surface area contributed by atoms with Crippen molar-refractivity contribution in [3.8, 4) is 11.6 Å². The predicted molar refractivity (Wildman–Crippen MR) is 112 cm³/mol. The molecule has 0 unspecified atom stereocenters. The van der Waals surface area contributed by atoms with Crippen LogP contribution in [0.2, 0.25) is 5.02 Å². The second-order valence-corrected chi connectivity index (χ2v) is 9.42. The summed E-state index contributed by atoms with van der Waals surface area (Å²) in [7, 11) is -3.57. The third kappa shape index (κ3) is 4.53. The number of nitrogens with one attached hydrogen (secondary N) is 1. The third-order valence-electron chi connectivity index (χ3n) is 4.75. The average Bonchev–Trinajstić information content (AvgIpc) is 2.71. The minimum absolute atomic E-state index is 0.286. The molecule has 4 rings (SSSR count). The normalized spacial score (nSPS) is 14.3. The van der Waals surface area contributed by atoms with Crippen LogP contribution < -0.4 is 10.3 Å². The summed E-state index contributed by atoms with van der Waals surface area (Å²) in [4.78, 5) is 25.4. The molecular formula is C20H19ClN4O4S. The van der Waals surface area contributed by atoms with E-state index in [4.69, 9.17) is 16.3 Å². The molecule has 1 N–H and O–H groups in total. The number of aromatic amines is 1. The van der Waals surface area contributed by atoms with Crippen LogP contribution in [0, 0.1) is 0 Å². The maximum atomic E-state index is 12.4. The first-order valence-electron chi connectivity index (χ1n) is 9.21. The summed E-state index contributed by atoms with van der Waals surface area (Å²) >= 11 is 5.92. The number of aromatic nitrogens is 3. The van der Waals surface area contributed by atoms with E-state index in [1.807, 2.05) is 12.1 Å². The van der Waals surface area contributed by atoms with E-state index in [0.29, 0.717) is 54.0 Å². The largest absolute Gasteiger partial charge is 0.439 e. The second kappa shape index (κ2) is 8.17. The van der Waals surface area contributed by atoms with E-state index in [2.05, 4.69) is 19.9 Å². The van der Waals surface area contributed by atoms with Crippen LogP contribution in [0.25, 0.3) is 0 Å². The number of H-pyrrole nitrogens is 1. The zero-order chi connectivity index (χ0) is 21.3. The molecule has 0 radical (unpaired) electrons. The van der Waals surface area contributed by atoms with Crippen LogP contribution >= 0.6 is 11.6 Å². The van der Waals surface area contributed by atoms with Crippen LogP contribution in [0.4, 0.5) is 0 Å². The highest BCUT2D eigenvalue weighted by atomic mass is 35.5. The monoisotopic (exact) mass is 446 g/mol. The minimum Gasteiger partial charge on any atom is -0.439 e. The van der Waals surface area contributed by atoms with Gasteiger partial charge in [-0.2, -0.15) is 0 Å². The maximum Gasteiger partial charge on any atom is 0.256 e. The van der Waals surface area contributed by atoms with Crippen LogP contribution in [0.5, 0.6) is 11.6 Å². The molecule has 3 heterocycles. The number of benzene rings is 1. The number of fused-ring (bicyclic) bond motifs is 1. The van der Waals surface area contributed by atoms with Gasteiger partial charge in [-0.3, -0.25) is 14.7 Å². The Kier molecular flexibility index (Phi) is 5.59. The fourth-order valence-corrected chi connectivity index (χ4v) is 3.94. The molecule has 0 saturated carbocycles. The van der Waals surface area contributed by atoms with Crippen molar-refractivity contribution in [3.63, 3.8) is 0 Å². The number of hydrogen-bond donors (Lipinski definition) is 1. The van der Waals surface area contributed by atoms with Crippen molar-refractivity contribution in [2.45, 2.75) is 24.7 Å². The average molecular weight is 447 g/mol. The molecule has 0 amide bonds. The van der Waals surface area contributed by atoms with Gasteiger partial charge in [0.2, 0.25) is 20.9 Å². The van der Waals surface area contributed by atoms with Gasteiger partial charge in [-0.15, -0.1) is 0 Å². The van der Waals surface area contributed by atoms with Gasteiger partial charge in [0, 0.05) is 49.1 Å². The maximum absolute atomic E-state index is 12.4. The molecule has 3 aromatic rings. The molecule has 0 atom stereocenters. The topological polar surface area (TPSA) is 105 Å². The van der Waals surface area contributed by atoms with E-state index in [9.17, 15) is 13.2 Å². The quantitative estimate of drug-likeness (QED) is 0.600. The molecule has 156 valence electrons. The lowest BCUT2D eigenvalue weighted by molar-refractivity contribution is 0.237. The fraction of sp³-hybridized carbons (Fsp3) is 0.250. The Hall–Kier alpha value is -2.75. The van der Waals surface area contributed by atoms with Crippen molar-refractivity contribution in [2.75, 3.05) is 12.8 Å². The summed E-state index contributed by atoms with van der Waals surface area (Å²) in [5.41, 5.74) is 1.46. The Morgan fingerprint density at radius 1 is 1.23 bits per heavy atom. The van der Waals surface area contributed by atoms with Crippen molar-refractivity contribution in [2.24, 2.45) is 0 Å². The Balaban J connectivity index is 1.54. The molecule has 1 aliphatic heterocycles. The van der Waals surface area contributed by atoms with Crippen LogP contribution in [0.3, 0.4) is 0 Å². The molecule has 10 heteroatoms. The van der Waals surface area contributed by atoms with Gasteiger partial charge in [0.25, 0.3) is 5.56 Å². The van der Waals surface area contributed by atoms with Crippen molar-refractivity contribution >= 4 is 21.4 Å². The first-order chi connectivity index (χ1) is 14.3. The smallest absolute Gasteiger partial charge is 0.256 e. The van der Waals surface area contributed by atoms with Crippen molar-refractivity contribution in [1.29, 1.82) is 0 Å². The molecule has 0 saturated heterocycles. The van der Waals surface area contributed by atoms with E-state index in [-0.39, 0.29) is 5.16 Å². The standard InChI is InChI=1S/C20H19ClN4O4S/c1-30(27,28)20-23-17-8-10-25(12-16(17)18(26)24-20)11-13-3-2-9-22-19(13)29-15-6-4-14(21)5-7-15/h2-7,9H,8,10-12H2,1H3,(H,23,24,26). The van der Waals surface area contributed by atoms with Crippen molar-refractivity contribution in [3.05, 3.63) is 74.8 Å². The number of ether oxygens (including phenoxy) is 1. The van der Waals surface area contributed by atoms with Gasteiger partial charge in [0.05, 0.1) is 11.3 Å². The fourth-order valence-electron chi connectivity index (χ4n) is 3.26. The van der Waals surface area contributed by atoms with Gasteiger partial charge in [-0.25, -0.2) is 18.4 Å². The zero-order valence-electron chi connectivity index (χ0n) is 16.1. The van der Waals surface area contributed by atoms with Gasteiger partial charge in [-0.1, -0.05) is 17.7 Å². The lowest BCUT2D eigenvalue weighted by Crippen LogP contribution is -2.36. The van der Waals surface area contributed by atoms with E-state index in [1.54, 1.807) is 30.5 Å². The molecule has 2 aromatic heterocycles. The zero-order valence-corrected chi connectivity index (χ0v) is 17.7. The highest BCUT2D eigenvalue weighted by Gasteiger charge is 2.24. The van der Waals surface area contributed by atoms with E-state index in [1.165, 1.54) is 0 Å². The van der Waals surface area contributed by atoms with Crippen LogP contribution in [-0.2, 0) is 29.3 Å². The number of hydrogen-bond acceptors (Lipinski definition) is 7. The molecule has 0 fully saturated rings. The van der Waals surface area contributed by atoms with Gasteiger partial charge >= 0.3 is 0 Å². The van der Waals surface area contributed by atoms with Gasteiger partial charge < -0.3 is 4.74 Å². The molecule has 0 bridgehead atoms. The lowest BCUT2D eigenvalue weighted by atomic mass is 10.1. The predicted octanol–water partition coefficient (Wildman–Crippen LogP) is 2.57. The number of nitrogens with zero attached hydrogens (tertiary/aromatic N) is 3. The van der Waals surface area contributed by atoms with Gasteiger partial charge in [0.15, 0.2) is 0 Å². The highest BCUT2D eigenvalue weighted by Crippen LogP contribution is 2.26. The van der Waals surface area contributed by atoms with E-state index in [0.717, 1.165) is 11.8 Å². The third-order valence-corrected chi connectivity index (χ3v) is 5.90. The summed E-state index contributed by atoms with van der Waals surface area (Å²) in [6.45, 7) is 1.50. The molecular weight excluding hydrogens is 428 g/mol. The van der Waals surface area contributed by atoms with Crippen LogP contribution in [-0.4, -0.2) is 41.1 Å². The molecule has 0 aliphatic carbocycles. The Morgan fingerprint density at radius 2 is 2.00 bits per heavy atom. The highest BCUT2D eigenvalue weighted by molar-refractivity contribution is 7.90. The Labute approximate surface area is 178 Å². The van der Waals surface area contributed by atoms with Crippen LogP contribution in [0.1, 0.15) is 16.8 Å². The number of sulfone groups is 1. The summed E-state index contributed by atoms with van der Waals surface area (Å²) in [5.74, 6) is 1.10. The van der Waals surface area contributed by atoms with Gasteiger partial charge in [0.1, 0.15) is 5.75 Å². The van der Waals surface area contributed by atoms with Gasteiger partial charge in [-0.05, 0) is 30.3 Å². The molecule has 1 aliphatic rings. The Bertz CT molecular complexity index is 1240. The molecule has 8 nitrogen and oxygen atoms in total.